The molecule has 0 saturated heterocycles. The number of hydrogen-bond acceptors (Lipinski definition) is 3. The molecule has 168 valence electrons. The zero-order valence-corrected chi connectivity index (χ0v) is 19.4. The Labute approximate surface area is 195 Å². The number of carbonyl (C=O) groups is 2. The van der Waals surface area contributed by atoms with Gasteiger partial charge in [0.05, 0.1) is 6.21 Å². The molecule has 0 aliphatic carbocycles. The van der Waals surface area contributed by atoms with Gasteiger partial charge in [-0.15, -0.1) is 0 Å². The van der Waals surface area contributed by atoms with Crippen molar-refractivity contribution in [1.82, 2.24) is 5.43 Å². The number of anilines is 1. The number of aryl methyl sites for hydroxylation is 1. The van der Waals surface area contributed by atoms with Gasteiger partial charge < -0.3 is 5.32 Å². The summed E-state index contributed by atoms with van der Waals surface area (Å²) in [5.74, 6) is -0.0194. The quantitative estimate of drug-likeness (QED) is 0.340. The van der Waals surface area contributed by atoms with Crippen molar-refractivity contribution >= 4 is 29.8 Å². The fraction of sp³-hybridized carbons (Fsp3) is 0.179. The van der Waals surface area contributed by atoms with Gasteiger partial charge in [-0.05, 0) is 72.9 Å². The number of carbonyl (C=O) groups excluding carboxylic acids is 2. The lowest BCUT2D eigenvalue weighted by Gasteiger charge is -2.07. The normalized spacial score (nSPS) is 11.6. The highest BCUT2D eigenvalue weighted by molar-refractivity contribution is 6.04. The van der Waals surface area contributed by atoms with E-state index in [-0.39, 0.29) is 11.8 Å². The van der Waals surface area contributed by atoms with Gasteiger partial charge in [0.2, 0.25) is 0 Å². The third kappa shape index (κ3) is 7.01. The lowest BCUT2D eigenvalue weighted by molar-refractivity contribution is 0.0954. The van der Waals surface area contributed by atoms with Crippen LogP contribution in [-0.4, -0.2) is 18.0 Å². The lowest BCUT2D eigenvalue weighted by Crippen LogP contribution is -2.17. The van der Waals surface area contributed by atoms with Crippen LogP contribution in [0.4, 0.5) is 5.69 Å². The number of amides is 2. The summed E-state index contributed by atoms with van der Waals surface area (Å²) in [6.07, 6.45) is 3.62. The number of rotatable bonds is 7. The van der Waals surface area contributed by atoms with Crippen molar-refractivity contribution < 1.29 is 9.59 Å². The second kappa shape index (κ2) is 11.0. The second-order valence-corrected chi connectivity index (χ2v) is 8.31. The van der Waals surface area contributed by atoms with Crippen molar-refractivity contribution in [2.24, 2.45) is 5.10 Å². The van der Waals surface area contributed by atoms with Gasteiger partial charge in [0, 0.05) is 16.8 Å². The van der Waals surface area contributed by atoms with E-state index in [1.165, 1.54) is 5.56 Å². The van der Waals surface area contributed by atoms with Crippen LogP contribution in [0.3, 0.4) is 0 Å². The van der Waals surface area contributed by atoms with Crippen LogP contribution in [0.2, 0.25) is 0 Å². The van der Waals surface area contributed by atoms with Crippen LogP contribution in [-0.2, 0) is 0 Å². The zero-order chi connectivity index (χ0) is 23.8. The average Bonchev–Trinajstić information content (AvgIpc) is 2.80. The molecule has 5 nitrogen and oxygen atoms in total. The van der Waals surface area contributed by atoms with Crippen LogP contribution in [0, 0.1) is 6.92 Å². The summed E-state index contributed by atoms with van der Waals surface area (Å²) in [5, 5.41) is 6.87. The molecule has 33 heavy (non-hydrogen) atoms. The predicted molar refractivity (Wildman–Crippen MR) is 136 cm³/mol. The summed E-state index contributed by atoms with van der Waals surface area (Å²) in [6, 6.07) is 22.4. The molecule has 0 bridgehead atoms. The first-order chi connectivity index (χ1) is 15.8. The number of benzene rings is 3. The van der Waals surface area contributed by atoms with Crippen molar-refractivity contribution in [3.05, 3.63) is 106 Å². The van der Waals surface area contributed by atoms with Crippen molar-refractivity contribution in [2.75, 3.05) is 5.32 Å². The Hall–Kier alpha value is -3.99. The van der Waals surface area contributed by atoms with Gasteiger partial charge in [-0.25, -0.2) is 5.43 Å². The van der Waals surface area contributed by atoms with Crippen LogP contribution in [0.5, 0.6) is 0 Å². The summed E-state index contributed by atoms with van der Waals surface area (Å²) >= 11 is 0. The Kier molecular flexibility index (Phi) is 7.92. The molecule has 3 aromatic carbocycles. The first-order valence-corrected chi connectivity index (χ1v) is 10.9. The predicted octanol–water partition coefficient (Wildman–Crippen LogP) is 6.19. The minimum Gasteiger partial charge on any atom is -0.322 e. The summed E-state index contributed by atoms with van der Waals surface area (Å²) in [6.45, 7) is 8.23. The number of nitrogens with zero attached hydrogens (tertiary/aromatic N) is 1. The molecular weight excluding hydrogens is 410 g/mol. The molecule has 0 radical (unpaired) electrons. The first-order valence-electron chi connectivity index (χ1n) is 10.9. The smallest absolute Gasteiger partial charge is 0.271 e. The van der Waals surface area contributed by atoms with Crippen molar-refractivity contribution in [1.29, 1.82) is 0 Å². The molecular formula is C28H29N3O2. The van der Waals surface area contributed by atoms with E-state index in [9.17, 15) is 9.59 Å². The maximum absolute atomic E-state index is 12.3. The minimum atomic E-state index is -0.322. The van der Waals surface area contributed by atoms with Crippen molar-refractivity contribution in [2.45, 2.75) is 33.6 Å². The van der Waals surface area contributed by atoms with Crippen LogP contribution >= 0.6 is 0 Å². The number of hydrogen-bond donors (Lipinski definition) is 2. The summed E-state index contributed by atoms with van der Waals surface area (Å²) < 4.78 is 0. The highest BCUT2D eigenvalue weighted by Crippen LogP contribution is 2.16. The third-order valence-electron chi connectivity index (χ3n) is 5.15. The van der Waals surface area contributed by atoms with Crippen molar-refractivity contribution in [3.8, 4) is 0 Å². The van der Waals surface area contributed by atoms with E-state index in [1.54, 1.807) is 42.6 Å². The summed E-state index contributed by atoms with van der Waals surface area (Å²) in [5.41, 5.74) is 8.57. The van der Waals surface area contributed by atoms with E-state index in [1.807, 2.05) is 32.1 Å². The topological polar surface area (TPSA) is 70.6 Å². The van der Waals surface area contributed by atoms with E-state index < -0.39 is 0 Å². The molecule has 0 heterocycles. The molecule has 0 saturated carbocycles. The van der Waals surface area contributed by atoms with Crippen LogP contribution in [0.15, 0.2) is 83.5 Å². The summed E-state index contributed by atoms with van der Waals surface area (Å²) in [7, 11) is 0. The van der Waals surface area contributed by atoms with E-state index in [0.717, 1.165) is 16.7 Å². The Morgan fingerprint density at radius 1 is 0.818 bits per heavy atom. The van der Waals surface area contributed by atoms with E-state index in [4.69, 9.17) is 0 Å². The molecule has 0 unspecified atom stereocenters. The Morgan fingerprint density at radius 3 is 2.00 bits per heavy atom. The monoisotopic (exact) mass is 439 g/mol. The molecule has 3 rings (SSSR count). The number of hydrazone groups is 1. The van der Waals surface area contributed by atoms with Gasteiger partial charge in [-0.3, -0.25) is 9.59 Å². The molecule has 0 aromatic heterocycles. The Bertz CT molecular complexity index is 1160. The zero-order valence-electron chi connectivity index (χ0n) is 19.4. The van der Waals surface area contributed by atoms with E-state index in [0.29, 0.717) is 22.7 Å². The molecule has 0 aliphatic rings. The van der Waals surface area contributed by atoms with Crippen LogP contribution < -0.4 is 10.7 Å². The van der Waals surface area contributed by atoms with Gasteiger partial charge in [-0.1, -0.05) is 61.9 Å². The minimum absolute atomic E-state index is 0.196. The third-order valence-corrected chi connectivity index (χ3v) is 5.15. The molecule has 5 heteroatoms. The maximum atomic E-state index is 12.3. The van der Waals surface area contributed by atoms with Crippen molar-refractivity contribution in [3.63, 3.8) is 0 Å². The van der Waals surface area contributed by atoms with Crippen LogP contribution in [0.25, 0.3) is 6.08 Å². The average molecular weight is 440 g/mol. The van der Waals surface area contributed by atoms with Gasteiger partial charge in [0.15, 0.2) is 0 Å². The van der Waals surface area contributed by atoms with E-state index >= 15 is 0 Å². The molecule has 0 atom stereocenters. The number of allylic oxidation sites excluding steroid dienone is 1. The fourth-order valence-corrected chi connectivity index (χ4v) is 3.15. The molecule has 0 spiro atoms. The molecule has 2 amide bonds. The Morgan fingerprint density at radius 2 is 1.39 bits per heavy atom. The Balaban J connectivity index is 1.54. The highest BCUT2D eigenvalue weighted by Gasteiger charge is 2.08. The van der Waals surface area contributed by atoms with Gasteiger partial charge >= 0.3 is 0 Å². The van der Waals surface area contributed by atoms with Gasteiger partial charge in [0.25, 0.3) is 11.8 Å². The highest BCUT2D eigenvalue weighted by atomic mass is 16.2. The van der Waals surface area contributed by atoms with Gasteiger partial charge in [0.1, 0.15) is 0 Å². The molecule has 2 N–H and O–H groups in total. The van der Waals surface area contributed by atoms with Gasteiger partial charge in [-0.2, -0.15) is 5.10 Å². The van der Waals surface area contributed by atoms with Crippen LogP contribution in [0.1, 0.15) is 64.1 Å². The second-order valence-electron chi connectivity index (χ2n) is 8.31. The lowest BCUT2D eigenvalue weighted by atomic mass is 10.0. The standard InChI is InChI=1S/C28H29N3O2/c1-19(2)23-11-7-22(8-12-23)17-21(4)18-29-31-28(33)25-13-15-26(16-14-25)30-27(32)24-9-5-20(3)6-10-24/h5-19H,1-4H3,(H,30,32)(H,31,33)/b21-17-,29-18?. The fourth-order valence-electron chi connectivity index (χ4n) is 3.15. The first kappa shape index (κ1) is 23.7. The van der Waals surface area contributed by atoms with E-state index in [2.05, 4.69) is 54.0 Å². The molecule has 0 fully saturated rings. The molecule has 3 aromatic rings. The maximum Gasteiger partial charge on any atom is 0.271 e. The number of nitrogens with one attached hydrogen (secondary N) is 2. The largest absolute Gasteiger partial charge is 0.322 e. The molecule has 0 aliphatic heterocycles. The SMILES string of the molecule is C/C(C=NNC(=O)c1ccc(NC(=O)c2ccc(C)cc2)cc1)=C/c1ccc(C(C)C)cc1. The summed E-state index contributed by atoms with van der Waals surface area (Å²) in [4.78, 5) is 24.7.